The van der Waals surface area contributed by atoms with Gasteiger partial charge in [0.05, 0.1) is 6.04 Å². The SMILES string of the molecule is CC(C)CC(N)C(=O)N(C)CC1CCN(C)C1. The first kappa shape index (κ1) is 14.5. The maximum Gasteiger partial charge on any atom is 0.239 e. The molecule has 0 aromatic rings. The van der Waals surface area contributed by atoms with Crippen molar-refractivity contribution >= 4 is 5.91 Å². The van der Waals surface area contributed by atoms with E-state index < -0.39 is 0 Å². The van der Waals surface area contributed by atoms with Crippen LogP contribution >= 0.6 is 0 Å². The lowest BCUT2D eigenvalue weighted by Crippen LogP contribution is -2.44. The number of hydrogen-bond acceptors (Lipinski definition) is 3. The van der Waals surface area contributed by atoms with Crippen molar-refractivity contribution in [1.29, 1.82) is 0 Å². The van der Waals surface area contributed by atoms with Gasteiger partial charge in [-0.25, -0.2) is 0 Å². The third-order valence-corrected chi connectivity index (χ3v) is 3.44. The number of amides is 1. The lowest BCUT2D eigenvalue weighted by atomic mass is 10.0. The van der Waals surface area contributed by atoms with E-state index in [1.54, 1.807) is 0 Å². The summed E-state index contributed by atoms with van der Waals surface area (Å²) < 4.78 is 0. The molecule has 0 spiro atoms. The monoisotopic (exact) mass is 241 g/mol. The molecule has 1 aliphatic rings. The maximum atomic E-state index is 12.0. The summed E-state index contributed by atoms with van der Waals surface area (Å²) in [4.78, 5) is 16.2. The second-order valence-electron chi connectivity index (χ2n) is 5.87. The molecule has 0 aromatic heterocycles. The highest BCUT2D eigenvalue weighted by atomic mass is 16.2. The van der Waals surface area contributed by atoms with E-state index in [0.717, 1.165) is 26.1 Å². The lowest BCUT2D eigenvalue weighted by molar-refractivity contribution is -0.132. The van der Waals surface area contributed by atoms with Crippen LogP contribution in [0.1, 0.15) is 26.7 Å². The van der Waals surface area contributed by atoms with Crippen molar-refractivity contribution in [1.82, 2.24) is 9.80 Å². The lowest BCUT2D eigenvalue weighted by Gasteiger charge is -2.25. The number of likely N-dealkylation sites (tertiary alicyclic amines) is 1. The van der Waals surface area contributed by atoms with Gasteiger partial charge in [0, 0.05) is 20.1 Å². The van der Waals surface area contributed by atoms with Crippen LogP contribution in [0.2, 0.25) is 0 Å². The minimum atomic E-state index is -0.334. The summed E-state index contributed by atoms with van der Waals surface area (Å²) in [5.74, 6) is 1.17. The third kappa shape index (κ3) is 4.64. The van der Waals surface area contributed by atoms with E-state index in [-0.39, 0.29) is 11.9 Å². The molecule has 0 bridgehead atoms. The molecule has 4 heteroatoms. The van der Waals surface area contributed by atoms with E-state index in [0.29, 0.717) is 11.8 Å². The molecule has 2 N–H and O–H groups in total. The number of likely N-dealkylation sites (N-methyl/N-ethyl adjacent to an activating group) is 1. The third-order valence-electron chi connectivity index (χ3n) is 3.44. The second kappa shape index (κ2) is 6.36. The summed E-state index contributed by atoms with van der Waals surface area (Å²) in [5, 5.41) is 0. The van der Waals surface area contributed by atoms with E-state index in [4.69, 9.17) is 5.73 Å². The Kier molecular flexibility index (Phi) is 5.40. The van der Waals surface area contributed by atoms with Gasteiger partial charge in [0.1, 0.15) is 0 Å². The van der Waals surface area contributed by atoms with Crippen LogP contribution in [0.15, 0.2) is 0 Å². The van der Waals surface area contributed by atoms with Gasteiger partial charge in [0.2, 0.25) is 5.91 Å². The molecule has 100 valence electrons. The zero-order valence-corrected chi connectivity index (χ0v) is 11.6. The van der Waals surface area contributed by atoms with Crippen LogP contribution in [0.3, 0.4) is 0 Å². The molecule has 1 rings (SSSR count). The Labute approximate surface area is 105 Å². The summed E-state index contributed by atoms with van der Waals surface area (Å²) in [6.45, 7) is 7.27. The molecule has 2 unspecified atom stereocenters. The number of carbonyl (C=O) groups is 1. The largest absolute Gasteiger partial charge is 0.344 e. The van der Waals surface area contributed by atoms with Gasteiger partial charge in [0.15, 0.2) is 0 Å². The summed E-state index contributed by atoms with van der Waals surface area (Å²) >= 11 is 0. The van der Waals surface area contributed by atoms with Crippen molar-refractivity contribution < 1.29 is 4.79 Å². The predicted molar refractivity (Wildman–Crippen MR) is 70.7 cm³/mol. The molecule has 1 heterocycles. The fourth-order valence-electron chi connectivity index (χ4n) is 2.54. The molecular formula is C13H27N3O. The number of nitrogens with zero attached hydrogens (tertiary/aromatic N) is 2. The summed E-state index contributed by atoms with van der Waals surface area (Å²) in [7, 11) is 4.01. The zero-order valence-electron chi connectivity index (χ0n) is 11.6. The van der Waals surface area contributed by atoms with Gasteiger partial charge in [-0.2, -0.15) is 0 Å². The maximum absolute atomic E-state index is 12.0. The predicted octanol–water partition coefficient (Wildman–Crippen LogP) is 0.770. The molecule has 1 aliphatic heterocycles. The molecule has 1 amide bonds. The Balaban J connectivity index is 2.36. The van der Waals surface area contributed by atoms with Gasteiger partial charge >= 0.3 is 0 Å². The van der Waals surface area contributed by atoms with Gasteiger partial charge in [-0.3, -0.25) is 4.79 Å². The first-order chi connectivity index (χ1) is 7.90. The van der Waals surface area contributed by atoms with E-state index in [2.05, 4.69) is 25.8 Å². The van der Waals surface area contributed by atoms with Crippen molar-refractivity contribution in [3.05, 3.63) is 0 Å². The van der Waals surface area contributed by atoms with E-state index in [1.165, 1.54) is 6.42 Å². The summed E-state index contributed by atoms with van der Waals surface area (Å²) in [5.41, 5.74) is 5.92. The highest BCUT2D eigenvalue weighted by Crippen LogP contribution is 2.16. The topological polar surface area (TPSA) is 49.6 Å². The Morgan fingerprint density at radius 2 is 2.18 bits per heavy atom. The van der Waals surface area contributed by atoms with Crippen LogP contribution in [-0.2, 0) is 4.79 Å². The van der Waals surface area contributed by atoms with Gasteiger partial charge in [-0.1, -0.05) is 13.8 Å². The van der Waals surface area contributed by atoms with Crippen molar-refractivity contribution in [3.63, 3.8) is 0 Å². The van der Waals surface area contributed by atoms with E-state index in [9.17, 15) is 4.79 Å². The molecule has 0 aromatic carbocycles. The average Bonchev–Trinajstić information content (AvgIpc) is 2.61. The second-order valence-corrected chi connectivity index (χ2v) is 5.87. The minimum Gasteiger partial charge on any atom is -0.344 e. The summed E-state index contributed by atoms with van der Waals surface area (Å²) in [6.07, 6.45) is 1.96. The standard InChI is InChI=1S/C13H27N3O/c1-10(2)7-12(14)13(17)16(4)9-11-5-6-15(3)8-11/h10-12H,5-9,14H2,1-4H3. The van der Waals surface area contributed by atoms with Gasteiger partial charge in [0.25, 0.3) is 0 Å². The highest BCUT2D eigenvalue weighted by Gasteiger charge is 2.25. The van der Waals surface area contributed by atoms with E-state index in [1.807, 2.05) is 11.9 Å². The normalized spacial score (nSPS) is 23.1. The fourth-order valence-corrected chi connectivity index (χ4v) is 2.54. The molecule has 4 nitrogen and oxygen atoms in total. The molecule has 0 aliphatic carbocycles. The van der Waals surface area contributed by atoms with E-state index >= 15 is 0 Å². The highest BCUT2D eigenvalue weighted by molar-refractivity contribution is 5.81. The van der Waals surface area contributed by atoms with Crippen molar-refractivity contribution in [3.8, 4) is 0 Å². The Hall–Kier alpha value is -0.610. The average molecular weight is 241 g/mol. The number of nitrogens with two attached hydrogens (primary N) is 1. The Morgan fingerprint density at radius 3 is 2.65 bits per heavy atom. The van der Waals surface area contributed by atoms with Crippen LogP contribution in [0, 0.1) is 11.8 Å². The van der Waals surface area contributed by atoms with Crippen molar-refractivity contribution in [2.45, 2.75) is 32.7 Å². The molecule has 17 heavy (non-hydrogen) atoms. The zero-order chi connectivity index (χ0) is 13.0. The summed E-state index contributed by atoms with van der Waals surface area (Å²) in [6, 6.07) is -0.334. The van der Waals surface area contributed by atoms with Crippen LogP contribution < -0.4 is 5.73 Å². The quantitative estimate of drug-likeness (QED) is 0.773. The Bertz CT molecular complexity index is 255. The van der Waals surface area contributed by atoms with Crippen LogP contribution in [0.5, 0.6) is 0 Å². The van der Waals surface area contributed by atoms with Crippen molar-refractivity contribution in [2.24, 2.45) is 17.6 Å². The van der Waals surface area contributed by atoms with Gasteiger partial charge in [-0.05, 0) is 38.3 Å². The molecular weight excluding hydrogens is 214 g/mol. The van der Waals surface area contributed by atoms with Crippen LogP contribution in [-0.4, -0.2) is 55.5 Å². The molecule has 2 atom stereocenters. The fraction of sp³-hybridized carbons (Fsp3) is 0.923. The van der Waals surface area contributed by atoms with Gasteiger partial charge < -0.3 is 15.5 Å². The molecule has 0 radical (unpaired) electrons. The first-order valence-corrected chi connectivity index (χ1v) is 6.59. The van der Waals surface area contributed by atoms with Crippen LogP contribution in [0.4, 0.5) is 0 Å². The smallest absolute Gasteiger partial charge is 0.239 e. The first-order valence-electron chi connectivity index (χ1n) is 6.59. The van der Waals surface area contributed by atoms with Crippen LogP contribution in [0.25, 0.3) is 0 Å². The van der Waals surface area contributed by atoms with Crippen molar-refractivity contribution in [2.75, 3.05) is 33.7 Å². The number of carbonyl (C=O) groups excluding carboxylic acids is 1. The number of rotatable bonds is 5. The molecule has 0 saturated carbocycles. The van der Waals surface area contributed by atoms with Gasteiger partial charge in [-0.15, -0.1) is 0 Å². The number of hydrogen-bond donors (Lipinski definition) is 1. The molecule has 1 fully saturated rings. The Morgan fingerprint density at radius 1 is 1.53 bits per heavy atom. The minimum absolute atomic E-state index is 0.0910. The molecule has 1 saturated heterocycles.